The van der Waals surface area contributed by atoms with Gasteiger partial charge in [0.1, 0.15) is 0 Å². The number of hydrogen-bond acceptors (Lipinski definition) is 4. The molecule has 0 aliphatic heterocycles. The molecule has 2 aromatic carbocycles. The average Bonchev–Trinajstić information content (AvgIpc) is 3.05. The number of carbonyl (C=O) groups excluding carboxylic acids is 1. The summed E-state index contributed by atoms with van der Waals surface area (Å²) >= 11 is 8.08. The SMILES string of the molecule is O=C(CSc1n[nH]c(-c2ccc(Br)cc2)n1)Nc1ccccc1Br. The van der Waals surface area contributed by atoms with E-state index < -0.39 is 0 Å². The third-order valence-corrected chi connectivity index (χ3v) is 5.13. The monoisotopic (exact) mass is 466 g/mol. The second kappa shape index (κ2) is 7.96. The van der Waals surface area contributed by atoms with Crippen LogP contribution in [0.1, 0.15) is 0 Å². The van der Waals surface area contributed by atoms with Crippen LogP contribution < -0.4 is 5.32 Å². The second-order valence-electron chi connectivity index (χ2n) is 4.79. The van der Waals surface area contributed by atoms with Crippen molar-refractivity contribution in [2.45, 2.75) is 5.16 Å². The summed E-state index contributed by atoms with van der Waals surface area (Å²) in [6.45, 7) is 0. The van der Waals surface area contributed by atoms with Crippen molar-refractivity contribution in [3.05, 3.63) is 57.5 Å². The van der Waals surface area contributed by atoms with Crippen LogP contribution in [0.5, 0.6) is 0 Å². The number of nitrogens with one attached hydrogen (secondary N) is 2. The molecule has 0 aliphatic carbocycles. The third kappa shape index (κ3) is 4.46. The summed E-state index contributed by atoms with van der Waals surface area (Å²) in [5, 5.41) is 10.4. The minimum atomic E-state index is -0.109. The number of thioether (sulfide) groups is 1. The van der Waals surface area contributed by atoms with Crippen LogP contribution in [0.4, 0.5) is 5.69 Å². The van der Waals surface area contributed by atoms with Gasteiger partial charge in [0.2, 0.25) is 11.1 Å². The molecule has 0 unspecified atom stereocenters. The van der Waals surface area contributed by atoms with Crippen LogP contribution in [0.15, 0.2) is 62.6 Å². The molecule has 2 N–H and O–H groups in total. The molecule has 3 rings (SSSR count). The Morgan fingerprint density at radius 1 is 1.12 bits per heavy atom. The Morgan fingerprint density at radius 3 is 2.62 bits per heavy atom. The molecule has 1 amide bonds. The highest BCUT2D eigenvalue weighted by Gasteiger charge is 2.10. The maximum Gasteiger partial charge on any atom is 0.234 e. The minimum absolute atomic E-state index is 0.109. The molecule has 1 heterocycles. The van der Waals surface area contributed by atoms with E-state index in [0.29, 0.717) is 11.0 Å². The number of aromatic nitrogens is 3. The number of amides is 1. The fourth-order valence-corrected chi connectivity index (χ4v) is 3.17. The van der Waals surface area contributed by atoms with E-state index in [1.54, 1.807) is 0 Å². The highest BCUT2D eigenvalue weighted by atomic mass is 79.9. The summed E-state index contributed by atoms with van der Waals surface area (Å²) in [6.07, 6.45) is 0. The molecule has 122 valence electrons. The molecule has 0 fully saturated rings. The predicted molar refractivity (Wildman–Crippen MR) is 103 cm³/mol. The zero-order valence-electron chi connectivity index (χ0n) is 12.3. The van der Waals surface area contributed by atoms with E-state index in [0.717, 1.165) is 20.2 Å². The zero-order chi connectivity index (χ0) is 16.9. The minimum Gasteiger partial charge on any atom is -0.324 e. The van der Waals surface area contributed by atoms with Gasteiger partial charge in [0.25, 0.3) is 0 Å². The number of H-pyrrole nitrogens is 1. The average molecular weight is 468 g/mol. The largest absolute Gasteiger partial charge is 0.324 e. The van der Waals surface area contributed by atoms with Gasteiger partial charge in [-0.2, -0.15) is 0 Å². The van der Waals surface area contributed by atoms with E-state index in [2.05, 4.69) is 52.4 Å². The Hall–Kier alpha value is -1.64. The summed E-state index contributed by atoms with van der Waals surface area (Å²) < 4.78 is 1.85. The van der Waals surface area contributed by atoms with Gasteiger partial charge in [0.15, 0.2) is 5.82 Å². The van der Waals surface area contributed by atoms with Crippen molar-refractivity contribution in [1.29, 1.82) is 0 Å². The summed E-state index contributed by atoms with van der Waals surface area (Å²) in [6, 6.07) is 15.2. The van der Waals surface area contributed by atoms with Gasteiger partial charge in [-0.15, -0.1) is 5.10 Å². The van der Waals surface area contributed by atoms with E-state index >= 15 is 0 Å². The lowest BCUT2D eigenvalue weighted by Crippen LogP contribution is -2.14. The first-order valence-corrected chi connectivity index (χ1v) is 9.54. The third-order valence-electron chi connectivity index (χ3n) is 3.06. The molecule has 0 radical (unpaired) electrons. The fraction of sp³-hybridized carbons (Fsp3) is 0.0625. The fourth-order valence-electron chi connectivity index (χ4n) is 1.93. The molecule has 0 aliphatic rings. The van der Waals surface area contributed by atoms with Gasteiger partial charge in [-0.1, -0.05) is 52.0 Å². The van der Waals surface area contributed by atoms with Gasteiger partial charge in [0, 0.05) is 14.5 Å². The van der Waals surface area contributed by atoms with E-state index in [1.165, 1.54) is 11.8 Å². The smallest absolute Gasteiger partial charge is 0.234 e. The van der Waals surface area contributed by atoms with Crippen molar-refractivity contribution < 1.29 is 4.79 Å². The zero-order valence-corrected chi connectivity index (χ0v) is 16.3. The first-order valence-electron chi connectivity index (χ1n) is 6.97. The number of benzene rings is 2. The van der Waals surface area contributed by atoms with Gasteiger partial charge in [-0.05, 0) is 40.2 Å². The van der Waals surface area contributed by atoms with Crippen molar-refractivity contribution in [3.63, 3.8) is 0 Å². The van der Waals surface area contributed by atoms with Gasteiger partial charge in [0.05, 0.1) is 11.4 Å². The maximum absolute atomic E-state index is 12.0. The Morgan fingerprint density at radius 2 is 1.88 bits per heavy atom. The number of aromatic amines is 1. The van der Waals surface area contributed by atoms with Gasteiger partial charge < -0.3 is 5.32 Å². The van der Waals surface area contributed by atoms with Crippen LogP contribution in [0, 0.1) is 0 Å². The molecule has 0 saturated heterocycles. The Kier molecular flexibility index (Phi) is 5.70. The Labute approximate surface area is 159 Å². The van der Waals surface area contributed by atoms with Crippen LogP contribution in [-0.2, 0) is 4.79 Å². The van der Waals surface area contributed by atoms with Gasteiger partial charge in [-0.25, -0.2) is 4.98 Å². The number of anilines is 1. The number of hydrogen-bond donors (Lipinski definition) is 2. The standard InChI is InChI=1S/C16H12Br2N4OS/c17-11-7-5-10(6-8-11)15-20-16(22-21-15)24-9-14(23)19-13-4-2-1-3-12(13)18/h1-8H,9H2,(H,19,23)(H,20,21,22). The predicted octanol–water partition coefficient (Wildman–Crippen LogP) is 4.73. The van der Waals surface area contributed by atoms with E-state index in [-0.39, 0.29) is 11.7 Å². The number of halogens is 2. The quantitative estimate of drug-likeness (QED) is 0.532. The summed E-state index contributed by atoms with van der Waals surface area (Å²) in [5.74, 6) is 0.803. The number of rotatable bonds is 5. The van der Waals surface area contributed by atoms with Gasteiger partial charge in [-0.3, -0.25) is 9.89 Å². The molecule has 0 saturated carbocycles. The normalized spacial score (nSPS) is 10.6. The topological polar surface area (TPSA) is 70.7 Å². The van der Waals surface area contributed by atoms with Crippen molar-refractivity contribution in [3.8, 4) is 11.4 Å². The number of para-hydroxylation sites is 1. The second-order valence-corrected chi connectivity index (χ2v) is 7.50. The lowest BCUT2D eigenvalue weighted by atomic mass is 10.2. The molecular weight excluding hydrogens is 456 g/mol. The van der Waals surface area contributed by atoms with E-state index in [1.807, 2.05) is 48.5 Å². The van der Waals surface area contributed by atoms with Crippen molar-refractivity contribution in [2.75, 3.05) is 11.1 Å². The van der Waals surface area contributed by atoms with Crippen LogP contribution in [-0.4, -0.2) is 26.8 Å². The Bertz CT molecular complexity index is 851. The van der Waals surface area contributed by atoms with Crippen LogP contribution in [0.25, 0.3) is 11.4 Å². The maximum atomic E-state index is 12.0. The summed E-state index contributed by atoms with van der Waals surface area (Å²) in [4.78, 5) is 16.4. The molecule has 3 aromatic rings. The van der Waals surface area contributed by atoms with Crippen molar-refractivity contribution >= 4 is 55.2 Å². The van der Waals surface area contributed by atoms with Crippen LogP contribution in [0.3, 0.4) is 0 Å². The molecule has 1 aromatic heterocycles. The molecule has 24 heavy (non-hydrogen) atoms. The molecule has 8 heteroatoms. The van der Waals surface area contributed by atoms with Crippen molar-refractivity contribution in [1.82, 2.24) is 15.2 Å². The lowest BCUT2D eigenvalue weighted by Gasteiger charge is -2.05. The molecule has 5 nitrogen and oxygen atoms in total. The van der Waals surface area contributed by atoms with E-state index in [9.17, 15) is 4.79 Å². The lowest BCUT2D eigenvalue weighted by molar-refractivity contribution is -0.113. The summed E-state index contributed by atoms with van der Waals surface area (Å²) in [7, 11) is 0. The van der Waals surface area contributed by atoms with Crippen LogP contribution >= 0.6 is 43.6 Å². The number of carbonyl (C=O) groups is 1. The molecule has 0 bridgehead atoms. The first-order chi connectivity index (χ1) is 11.6. The highest BCUT2D eigenvalue weighted by molar-refractivity contribution is 9.10. The molecular formula is C16H12Br2N4OS. The van der Waals surface area contributed by atoms with Crippen LogP contribution in [0.2, 0.25) is 0 Å². The Balaban J connectivity index is 1.58. The molecule has 0 spiro atoms. The van der Waals surface area contributed by atoms with Crippen molar-refractivity contribution in [2.24, 2.45) is 0 Å². The first kappa shape index (κ1) is 17.2. The van der Waals surface area contributed by atoms with Gasteiger partial charge >= 0.3 is 0 Å². The molecule has 0 atom stereocenters. The number of nitrogens with zero attached hydrogens (tertiary/aromatic N) is 2. The summed E-state index contributed by atoms with van der Waals surface area (Å²) in [5.41, 5.74) is 1.68. The van der Waals surface area contributed by atoms with E-state index in [4.69, 9.17) is 0 Å². The highest BCUT2D eigenvalue weighted by Crippen LogP contribution is 2.23.